The number of aryl methyl sites for hydroxylation is 1. The zero-order chi connectivity index (χ0) is 35.3. The van der Waals surface area contributed by atoms with Gasteiger partial charge in [0.2, 0.25) is 0 Å². The van der Waals surface area contributed by atoms with Gasteiger partial charge in [-0.2, -0.15) is 0 Å². The van der Waals surface area contributed by atoms with E-state index in [0.717, 1.165) is 45.4 Å². The smallest absolute Gasteiger partial charge is 0.167 e. The maximum absolute atomic E-state index is 14.0. The third-order valence-corrected chi connectivity index (χ3v) is 12.5. The fourth-order valence-electron chi connectivity index (χ4n) is 10.1. The summed E-state index contributed by atoms with van der Waals surface area (Å²) >= 11 is 0. The van der Waals surface area contributed by atoms with Crippen LogP contribution in [0.3, 0.4) is 0 Å². The van der Waals surface area contributed by atoms with E-state index in [-0.39, 0.29) is 11.2 Å². The summed E-state index contributed by atoms with van der Waals surface area (Å²) in [5, 5.41) is 0. The fourth-order valence-corrected chi connectivity index (χ4v) is 10.1. The van der Waals surface area contributed by atoms with Gasteiger partial charge < -0.3 is 0 Å². The highest BCUT2D eigenvalue weighted by Gasteiger charge is 2.54. The molecule has 0 fully saturated rings. The molecule has 250 valence electrons. The average molecular weight is 677 g/mol. The lowest BCUT2D eigenvalue weighted by molar-refractivity contribution is 0.0992. The molecule has 0 saturated heterocycles. The SMILES string of the molecule is Cc1ccccc1-c1ccccc1-c1ccc2c(c1)C(=O)Cc1cc(-c3ccc4c(c3)C3(C5=CC=CCC5c5ccccc53)c3ccccc3-4)ccc1-2. The van der Waals surface area contributed by atoms with Crippen LogP contribution in [-0.2, 0) is 11.8 Å². The van der Waals surface area contributed by atoms with Gasteiger partial charge in [0, 0.05) is 17.9 Å². The van der Waals surface area contributed by atoms with E-state index in [1.54, 1.807) is 0 Å². The summed E-state index contributed by atoms with van der Waals surface area (Å²) in [6.07, 6.45) is 8.39. The van der Waals surface area contributed by atoms with Crippen LogP contribution in [0, 0.1) is 6.92 Å². The Kier molecular flexibility index (Phi) is 6.49. The lowest BCUT2D eigenvalue weighted by atomic mass is 9.68. The van der Waals surface area contributed by atoms with E-state index in [4.69, 9.17) is 0 Å². The Morgan fingerprint density at radius 1 is 0.509 bits per heavy atom. The molecule has 1 spiro atoms. The number of hydrogen-bond acceptors (Lipinski definition) is 1. The summed E-state index contributed by atoms with van der Waals surface area (Å²) in [6.45, 7) is 2.16. The molecule has 0 N–H and O–H groups in total. The van der Waals surface area contributed by atoms with Crippen LogP contribution in [-0.4, -0.2) is 5.78 Å². The molecule has 4 aliphatic rings. The molecule has 0 radical (unpaired) electrons. The first-order valence-corrected chi connectivity index (χ1v) is 18.8. The molecular weight excluding hydrogens is 641 g/mol. The minimum Gasteiger partial charge on any atom is -0.294 e. The van der Waals surface area contributed by atoms with Crippen molar-refractivity contribution >= 4 is 5.78 Å². The summed E-state index contributed by atoms with van der Waals surface area (Å²) in [5.41, 5.74) is 21.7. The third kappa shape index (κ3) is 4.22. The van der Waals surface area contributed by atoms with Crippen LogP contribution in [0.5, 0.6) is 0 Å². The highest BCUT2D eigenvalue weighted by atomic mass is 16.1. The van der Waals surface area contributed by atoms with Crippen molar-refractivity contribution in [2.24, 2.45) is 0 Å². The number of Topliss-reactive ketones (excluding diaryl/α,β-unsaturated/α-hetero) is 1. The van der Waals surface area contributed by atoms with Crippen molar-refractivity contribution < 1.29 is 4.79 Å². The van der Waals surface area contributed by atoms with Crippen molar-refractivity contribution in [3.8, 4) is 55.6 Å². The lowest BCUT2D eigenvalue weighted by Gasteiger charge is -2.33. The first-order chi connectivity index (χ1) is 26.1. The second-order valence-corrected chi connectivity index (χ2v) is 15.1. The van der Waals surface area contributed by atoms with Gasteiger partial charge in [-0.25, -0.2) is 0 Å². The minimum atomic E-state index is -0.313. The monoisotopic (exact) mass is 676 g/mol. The molecule has 0 aromatic heterocycles. The van der Waals surface area contributed by atoms with Crippen molar-refractivity contribution in [3.63, 3.8) is 0 Å². The van der Waals surface area contributed by atoms with Crippen LogP contribution in [0.2, 0.25) is 0 Å². The first kappa shape index (κ1) is 30.3. The molecule has 1 nitrogen and oxygen atoms in total. The quantitative estimate of drug-likeness (QED) is 0.182. The molecule has 0 bridgehead atoms. The Hall–Kier alpha value is -6.31. The zero-order valence-electron chi connectivity index (χ0n) is 29.6. The van der Waals surface area contributed by atoms with Gasteiger partial charge in [0.05, 0.1) is 5.41 Å². The maximum Gasteiger partial charge on any atom is 0.167 e. The van der Waals surface area contributed by atoms with Crippen LogP contribution in [0.15, 0.2) is 175 Å². The second-order valence-electron chi connectivity index (χ2n) is 15.1. The number of rotatable bonds is 3. The van der Waals surface area contributed by atoms with Gasteiger partial charge in [-0.1, -0.05) is 158 Å². The molecule has 0 aliphatic heterocycles. The van der Waals surface area contributed by atoms with E-state index in [2.05, 4.69) is 177 Å². The average Bonchev–Trinajstić information content (AvgIpc) is 3.68. The third-order valence-electron chi connectivity index (χ3n) is 12.5. The Morgan fingerprint density at radius 3 is 1.98 bits per heavy atom. The van der Waals surface area contributed by atoms with E-state index < -0.39 is 0 Å². The van der Waals surface area contributed by atoms with E-state index in [9.17, 15) is 4.79 Å². The van der Waals surface area contributed by atoms with Crippen molar-refractivity contribution in [2.75, 3.05) is 0 Å². The number of fused-ring (bicyclic) bond motifs is 13. The van der Waals surface area contributed by atoms with Crippen LogP contribution in [0.25, 0.3) is 55.6 Å². The number of hydrogen-bond donors (Lipinski definition) is 0. The van der Waals surface area contributed by atoms with Crippen molar-refractivity contribution in [1.82, 2.24) is 0 Å². The molecule has 0 amide bonds. The summed E-state index contributed by atoms with van der Waals surface area (Å²) in [5.74, 6) is 0.555. The molecule has 0 heterocycles. The van der Waals surface area contributed by atoms with Gasteiger partial charge in [-0.3, -0.25) is 4.79 Å². The van der Waals surface area contributed by atoms with Crippen molar-refractivity contribution in [3.05, 3.63) is 214 Å². The lowest BCUT2D eigenvalue weighted by Crippen LogP contribution is -2.27. The molecule has 2 unspecified atom stereocenters. The number of ketones is 1. The summed E-state index contributed by atoms with van der Waals surface area (Å²) in [7, 11) is 0. The second kappa shape index (κ2) is 11.3. The molecule has 2 atom stereocenters. The van der Waals surface area contributed by atoms with Crippen LogP contribution in [0.1, 0.15) is 56.1 Å². The molecular formula is C52H36O. The zero-order valence-corrected chi connectivity index (χ0v) is 29.6. The van der Waals surface area contributed by atoms with E-state index in [0.29, 0.717) is 12.3 Å². The topological polar surface area (TPSA) is 17.1 Å². The predicted octanol–water partition coefficient (Wildman–Crippen LogP) is 12.7. The summed E-state index contributed by atoms with van der Waals surface area (Å²) in [4.78, 5) is 14.0. The number of carbonyl (C=O) groups excluding carboxylic acids is 1. The number of benzene rings is 7. The van der Waals surface area contributed by atoms with Crippen LogP contribution >= 0.6 is 0 Å². The normalized spacial score (nSPS) is 18.5. The standard InChI is InChI=1S/C52H36O/c1-32-12-2-3-13-37(32)40-15-5-4-14-38(40)35-24-26-41-39-25-22-33(28-36(39)31-51(53)46(41)29-35)34-23-27-45-44-18-8-11-21-49(44)52(50(45)30-34)47-19-9-6-16-42(47)43-17-7-10-20-48(43)52/h2-16,18-30,43H,17,31H2,1H3. The summed E-state index contributed by atoms with van der Waals surface area (Å²) in [6, 6.07) is 55.5. The van der Waals surface area contributed by atoms with Crippen molar-refractivity contribution in [2.45, 2.75) is 31.1 Å². The Labute approximate surface area is 310 Å². The molecule has 1 heteroatoms. The maximum atomic E-state index is 14.0. The van der Waals surface area contributed by atoms with Gasteiger partial charge in [-0.05, 0) is 120 Å². The van der Waals surface area contributed by atoms with Gasteiger partial charge in [0.1, 0.15) is 0 Å². The Bertz CT molecular complexity index is 2770. The van der Waals surface area contributed by atoms with Gasteiger partial charge in [0.25, 0.3) is 0 Å². The van der Waals surface area contributed by atoms with Crippen LogP contribution < -0.4 is 0 Å². The van der Waals surface area contributed by atoms with Gasteiger partial charge in [0.15, 0.2) is 5.78 Å². The van der Waals surface area contributed by atoms with Gasteiger partial charge >= 0.3 is 0 Å². The van der Waals surface area contributed by atoms with E-state index >= 15 is 0 Å². The molecule has 7 aromatic carbocycles. The first-order valence-electron chi connectivity index (χ1n) is 18.8. The Balaban J connectivity index is 1.02. The molecule has 4 aliphatic carbocycles. The molecule has 0 saturated carbocycles. The highest BCUT2D eigenvalue weighted by molar-refractivity contribution is 6.09. The van der Waals surface area contributed by atoms with Crippen LogP contribution in [0.4, 0.5) is 0 Å². The highest BCUT2D eigenvalue weighted by Crippen LogP contribution is 2.65. The minimum absolute atomic E-state index is 0.175. The molecule has 11 rings (SSSR count). The molecule has 7 aromatic rings. The Morgan fingerprint density at radius 2 is 1.13 bits per heavy atom. The number of carbonyl (C=O) groups is 1. The van der Waals surface area contributed by atoms with Gasteiger partial charge in [-0.15, -0.1) is 0 Å². The molecule has 53 heavy (non-hydrogen) atoms. The predicted molar refractivity (Wildman–Crippen MR) is 217 cm³/mol. The van der Waals surface area contributed by atoms with Crippen molar-refractivity contribution in [1.29, 1.82) is 0 Å². The van der Waals surface area contributed by atoms with E-state index in [1.807, 2.05) is 0 Å². The fraction of sp³-hybridized carbons (Fsp3) is 0.0962. The summed E-state index contributed by atoms with van der Waals surface area (Å²) < 4.78 is 0. The van der Waals surface area contributed by atoms with E-state index in [1.165, 1.54) is 61.2 Å². The largest absolute Gasteiger partial charge is 0.294 e. The number of allylic oxidation sites excluding steroid dienone is 4.